The van der Waals surface area contributed by atoms with Crippen LogP contribution >= 0.6 is 11.6 Å². The van der Waals surface area contributed by atoms with Gasteiger partial charge in [0.2, 0.25) is 10.0 Å². The van der Waals surface area contributed by atoms with Gasteiger partial charge in [-0.3, -0.25) is 0 Å². The van der Waals surface area contributed by atoms with E-state index in [0.29, 0.717) is 18.7 Å². The number of aliphatic hydroxyl groups excluding tert-OH is 1. The molecule has 0 amide bonds. The number of hydrogen-bond donors (Lipinski definition) is 2. The smallest absolute Gasteiger partial charge is 0.212 e. The van der Waals surface area contributed by atoms with Crippen molar-refractivity contribution in [2.24, 2.45) is 0 Å². The van der Waals surface area contributed by atoms with Gasteiger partial charge < -0.3 is 5.11 Å². The molecule has 0 spiro atoms. The first-order valence-corrected chi connectivity index (χ1v) is 6.76. The Kier molecular flexibility index (Phi) is 5.97. The lowest BCUT2D eigenvalue weighted by atomic mass is 10.0. The zero-order valence-corrected chi connectivity index (χ0v) is 10.2. The molecule has 0 aromatic carbocycles. The number of alkyl halides is 1. The molecule has 4 nitrogen and oxygen atoms in total. The zero-order valence-electron chi connectivity index (χ0n) is 8.59. The van der Waals surface area contributed by atoms with E-state index in [9.17, 15) is 8.42 Å². The van der Waals surface area contributed by atoms with E-state index >= 15 is 0 Å². The molecule has 0 aliphatic carbocycles. The van der Waals surface area contributed by atoms with Gasteiger partial charge in [0.25, 0.3) is 0 Å². The lowest BCUT2D eigenvalue weighted by Gasteiger charge is -2.26. The van der Waals surface area contributed by atoms with Gasteiger partial charge in [0, 0.05) is 5.88 Å². The van der Waals surface area contributed by atoms with Gasteiger partial charge in [0.1, 0.15) is 0 Å². The van der Waals surface area contributed by atoms with Crippen molar-refractivity contribution in [1.82, 2.24) is 4.72 Å². The monoisotopic (exact) mass is 243 g/mol. The Morgan fingerprint density at radius 3 is 2.43 bits per heavy atom. The van der Waals surface area contributed by atoms with Crippen molar-refractivity contribution in [2.75, 3.05) is 18.2 Å². The third-order valence-electron chi connectivity index (χ3n) is 2.08. The van der Waals surface area contributed by atoms with Crippen LogP contribution in [0, 0.1) is 0 Å². The Bertz CT molecular complexity index is 249. The van der Waals surface area contributed by atoms with Crippen LogP contribution < -0.4 is 4.72 Å². The second-order valence-corrected chi connectivity index (χ2v) is 5.76. The van der Waals surface area contributed by atoms with E-state index in [2.05, 4.69) is 4.72 Å². The predicted molar refractivity (Wildman–Crippen MR) is 58.0 cm³/mol. The molecule has 6 heteroatoms. The van der Waals surface area contributed by atoms with Gasteiger partial charge in [-0.15, -0.1) is 11.6 Å². The van der Waals surface area contributed by atoms with E-state index in [0.717, 1.165) is 0 Å². The summed E-state index contributed by atoms with van der Waals surface area (Å²) in [4.78, 5) is 0. The first-order valence-electron chi connectivity index (χ1n) is 4.57. The number of nitrogens with one attached hydrogen (secondary N) is 1. The number of rotatable bonds is 7. The maximum absolute atomic E-state index is 11.4. The average Bonchev–Trinajstić information content (AvgIpc) is 2.14. The summed E-state index contributed by atoms with van der Waals surface area (Å²) in [5.74, 6) is 0.328. The summed E-state index contributed by atoms with van der Waals surface area (Å²) in [6.07, 6.45) is 0.964. The van der Waals surface area contributed by atoms with E-state index in [-0.39, 0.29) is 12.4 Å². The second-order valence-electron chi connectivity index (χ2n) is 3.54. The molecular formula is C8H18ClNO3S. The molecule has 0 radical (unpaired) electrons. The predicted octanol–water partition coefficient (Wildman–Crippen LogP) is 0.696. The summed E-state index contributed by atoms with van der Waals surface area (Å²) in [7, 11) is -3.32. The highest BCUT2D eigenvalue weighted by atomic mass is 35.5. The lowest BCUT2D eigenvalue weighted by molar-refractivity contribution is 0.191. The molecule has 0 saturated heterocycles. The fourth-order valence-corrected chi connectivity index (χ4v) is 2.77. The highest BCUT2D eigenvalue weighted by Crippen LogP contribution is 2.10. The number of halogens is 1. The van der Waals surface area contributed by atoms with E-state index in [1.54, 1.807) is 6.92 Å². The van der Waals surface area contributed by atoms with Gasteiger partial charge >= 0.3 is 0 Å². The molecule has 1 atom stereocenters. The fraction of sp³-hybridized carbons (Fsp3) is 1.00. The van der Waals surface area contributed by atoms with Gasteiger partial charge in [0.05, 0.1) is 17.9 Å². The first-order chi connectivity index (χ1) is 6.39. The highest BCUT2D eigenvalue weighted by Gasteiger charge is 2.26. The standard InChI is InChI=1S/C8H18ClNO3S/c1-3-8(2,7-11)10-14(12,13)6-4-5-9/h10-11H,3-7H2,1-2H3. The Morgan fingerprint density at radius 2 is 2.07 bits per heavy atom. The normalized spacial score (nSPS) is 16.6. The summed E-state index contributed by atoms with van der Waals surface area (Å²) in [6.45, 7) is 3.29. The fourth-order valence-electron chi connectivity index (χ4n) is 0.887. The molecule has 0 heterocycles. The van der Waals surface area contributed by atoms with Crippen molar-refractivity contribution >= 4 is 21.6 Å². The molecule has 86 valence electrons. The first kappa shape index (κ1) is 14.2. The van der Waals surface area contributed by atoms with Crippen LogP contribution in [0.2, 0.25) is 0 Å². The summed E-state index contributed by atoms with van der Waals surface area (Å²) >= 11 is 5.40. The minimum Gasteiger partial charge on any atom is -0.394 e. The van der Waals surface area contributed by atoms with E-state index < -0.39 is 15.6 Å². The number of hydrogen-bond acceptors (Lipinski definition) is 3. The highest BCUT2D eigenvalue weighted by molar-refractivity contribution is 7.89. The van der Waals surface area contributed by atoms with Crippen LogP contribution in [0.1, 0.15) is 26.7 Å². The zero-order chi connectivity index (χ0) is 11.2. The summed E-state index contributed by atoms with van der Waals surface area (Å²) < 4.78 is 25.4. The van der Waals surface area contributed by atoms with Crippen molar-refractivity contribution in [2.45, 2.75) is 32.2 Å². The molecule has 0 rings (SSSR count). The SMILES string of the molecule is CCC(C)(CO)NS(=O)(=O)CCCCl. The molecule has 0 bridgehead atoms. The van der Waals surface area contributed by atoms with Crippen LogP contribution in [0.5, 0.6) is 0 Å². The maximum Gasteiger partial charge on any atom is 0.212 e. The Morgan fingerprint density at radius 1 is 1.50 bits per heavy atom. The van der Waals surface area contributed by atoms with E-state index in [1.165, 1.54) is 0 Å². The minimum atomic E-state index is -3.32. The summed E-state index contributed by atoms with van der Waals surface area (Å²) in [6, 6.07) is 0. The number of aliphatic hydroxyl groups is 1. The lowest BCUT2D eigenvalue weighted by Crippen LogP contribution is -2.49. The average molecular weight is 244 g/mol. The quantitative estimate of drug-likeness (QED) is 0.647. The van der Waals surface area contributed by atoms with Gasteiger partial charge in [-0.05, 0) is 19.8 Å². The Hall–Kier alpha value is 0.160. The molecule has 0 aliphatic rings. The minimum absolute atomic E-state index is 0.00604. The number of sulfonamides is 1. The molecule has 0 fully saturated rings. The van der Waals surface area contributed by atoms with Crippen LogP contribution in [0.15, 0.2) is 0 Å². The van der Waals surface area contributed by atoms with Gasteiger partial charge in [0.15, 0.2) is 0 Å². The van der Waals surface area contributed by atoms with Crippen molar-refractivity contribution in [3.05, 3.63) is 0 Å². The second kappa shape index (κ2) is 5.90. The van der Waals surface area contributed by atoms with Crippen molar-refractivity contribution in [3.8, 4) is 0 Å². The molecule has 0 aromatic heterocycles. The van der Waals surface area contributed by atoms with Crippen LogP contribution in [0.3, 0.4) is 0 Å². The van der Waals surface area contributed by atoms with Crippen LogP contribution in [0.4, 0.5) is 0 Å². The van der Waals surface area contributed by atoms with Gasteiger partial charge in [-0.1, -0.05) is 6.92 Å². The summed E-state index contributed by atoms with van der Waals surface area (Å²) in [5.41, 5.74) is -0.759. The van der Waals surface area contributed by atoms with Crippen molar-refractivity contribution in [1.29, 1.82) is 0 Å². The third-order valence-corrected chi connectivity index (χ3v) is 3.98. The molecular weight excluding hydrogens is 226 g/mol. The molecule has 1 unspecified atom stereocenters. The van der Waals surface area contributed by atoms with E-state index in [4.69, 9.17) is 16.7 Å². The topological polar surface area (TPSA) is 66.4 Å². The Balaban J connectivity index is 4.33. The molecule has 0 aromatic rings. The van der Waals surface area contributed by atoms with Crippen molar-refractivity contribution < 1.29 is 13.5 Å². The van der Waals surface area contributed by atoms with E-state index in [1.807, 2.05) is 6.92 Å². The largest absolute Gasteiger partial charge is 0.394 e. The molecule has 0 aliphatic heterocycles. The molecule has 14 heavy (non-hydrogen) atoms. The summed E-state index contributed by atoms with van der Waals surface area (Å²) in [5, 5.41) is 9.02. The molecule has 2 N–H and O–H groups in total. The third kappa shape index (κ3) is 5.14. The maximum atomic E-state index is 11.4. The van der Waals surface area contributed by atoms with Crippen LogP contribution in [0.25, 0.3) is 0 Å². The molecule has 0 saturated carbocycles. The van der Waals surface area contributed by atoms with Gasteiger partial charge in [-0.2, -0.15) is 0 Å². The van der Waals surface area contributed by atoms with Gasteiger partial charge in [-0.25, -0.2) is 13.1 Å². The van der Waals surface area contributed by atoms with Crippen LogP contribution in [-0.2, 0) is 10.0 Å². The van der Waals surface area contributed by atoms with Crippen LogP contribution in [-0.4, -0.2) is 37.3 Å². The van der Waals surface area contributed by atoms with Crippen molar-refractivity contribution in [3.63, 3.8) is 0 Å². The Labute approximate surface area is 90.7 Å².